The SMILES string of the molecule is CN=C1N(C)CC(=O)N1CCCC(=O)NNC. The molecule has 0 aromatic rings. The van der Waals surface area contributed by atoms with Gasteiger partial charge >= 0.3 is 0 Å². The molecule has 0 aliphatic carbocycles. The Hall–Kier alpha value is -1.63. The average Bonchev–Trinajstić information content (AvgIpc) is 2.54. The first kappa shape index (κ1) is 13.4. The van der Waals surface area contributed by atoms with Crippen LogP contribution in [-0.4, -0.2) is 61.8 Å². The Morgan fingerprint density at radius 1 is 1.53 bits per heavy atom. The summed E-state index contributed by atoms with van der Waals surface area (Å²) in [6, 6.07) is 0. The molecule has 1 aliphatic heterocycles. The van der Waals surface area contributed by atoms with Crippen LogP contribution in [0.15, 0.2) is 4.99 Å². The van der Waals surface area contributed by atoms with Gasteiger partial charge in [0.1, 0.15) is 0 Å². The van der Waals surface area contributed by atoms with Crippen molar-refractivity contribution < 1.29 is 9.59 Å². The molecule has 0 aromatic carbocycles. The monoisotopic (exact) mass is 241 g/mol. The van der Waals surface area contributed by atoms with Crippen LogP contribution in [0.5, 0.6) is 0 Å². The fourth-order valence-corrected chi connectivity index (χ4v) is 1.79. The third kappa shape index (κ3) is 3.42. The molecule has 0 spiro atoms. The second-order valence-corrected chi connectivity index (χ2v) is 3.83. The van der Waals surface area contributed by atoms with Gasteiger partial charge in [0, 0.05) is 34.1 Å². The van der Waals surface area contributed by atoms with Crippen LogP contribution in [-0.2, 0) is 9.59 Å². The summed E-state index contributed by atoms with van der Waals surface area (Å²) in [6.07, 6.45) is 0.997. The Bertz CT molecular complexity index is 329. The number of carbonyl (C=O) groups is 2. The van der Waals surface area contributed by atoms with Crippen LogP contribution in [0.4, 0.5) is 0 Å². The molecule has 1 rings (SSSR count). The number of nitrogens with one attached hydrogen (secondary N) is 2. The maximum absolute atomic E-state index is 11.6. The van der Waals surface area contributed by atoms with Crippen LogP contribution in [0.2, 0.25) is 0 Å². The van der Waals surface area contributed by atoms with Crippen molar-refractivity contribution in [1.29, 1.82) is 0 Å². The Kier molecular flexibility index (Phi) is 4.89. The summed E-state index contributed by atoms with van der Waals surface area (Å²) >= 11 is 0. The molecule has 17 heavy (non-hydrogen) atoms. The van der Waals surface area contributed by atoms with Gasteiger partial charge in [-0.2, -0.15) is 0 Å². The van der Waals surface area contributed by atoms with E-state index in [1.54, 1.807) is 23.9 Å². The molecule has 0 aromatic heterocycles. The summed E-state index contributed by atoms with van der Waals surface area (Å²) in [7, 11) is 5.12. The molecular weight excluding hydrogens is 222 g/mol. The maximum Gasteiger partial charge on any atom is 0.248 e. The first-order chi connectivity index (χ1) is 8.10. The first-order valence-corrected chi connectivity index (χ1v) is 5.54. The molecule has 7 nitrogen and oxygen atoms in total. The number of rotatable bonds is 5. The van der Waals surface area contributed by atoms with Gasteiger partial charge in [-0.05, 0) is 6.42 Å². The van der Waals surface area contributed by atoms with E-state index in [0.717, 1.165) is 0 Å². The number of aliphatic imine (C=N–C) groups is 1. The summed E-state index contributed by atoms with van der Waals surface area (Å²) in [5, 5.41) is 0. The van der Waals surface area contributed by atoms with E-state index in [1.165, 1.54) is 0 Å². The van der Waals surface area contributed by atoms with Gasteiger partial charge in [-0.25, -0.2) is 5.43 Å². The quantitative estimate of drug-likeness (QED) is 0.591. The van der Waals surface area contributed by atoms with Crippen LogP contribution in [0, 0.1) is 0 Å². The highest BCUT2D eigenvalue weighted by molar-refractivity contribution is 6.04. The van der Waals surface area contributed by atoms with Crippen molar-refractivity contribution in [1.82, 2.24) is 20.7 Å². The number of likely N-dealkylation sites (N-methyl/N-ethyl adjacent to an activating group) is 1. The van der Waals surface area contributed by atoms with Gasteiger partial charge in [-0.3, -0.25) is 24.9 Å². The van der Waals surface area contributed by atoms with Crippen molar-refractivity contribution in [2.24, 2.45) is 4.99 Å². The van der Waals surface area contributed by atoms with E-state index in [-0.39, 0.29) is 11.8 Å². The molecule has 1 aliphatic rings. The zero-order valence-electron chi connectivity index (χ0n) is 10.5. The third-order valence-corrected chi connectivity index (χ3v) is 2.51. The zero-order chi connectivity index (χ0) is 12.8. The van der Waals surface area contributed by atoms with E-state index in [1.807, 2.05) is 7.05 Å². The highest BCUT2D eigenvalue weighted by Gasteiger charge is 2.30. The molecule has 0 bridgehead atoms. The molecule has 1 saturated heterocycles. The lowest BCUT2D eigenvalue weighted by Gasteiger charge is -2.17. The number of hydrogen-bond donors (Lipinski definition) is 2. The number of hydrogen-bond acceptors (Lipinski definition) is 4. The first-order valence-electron chi connectivity index (χ1n) is 5.54. The van der Waals surface area contributed by atoms with Crippen LogP contribution >= 0.6 is 0 Å². The maximum atomic E-state index is 11.6. The summed E-state index contributed by atoms with van der Waals surface area (Å²) in [5.74, 6) is 0.619. The normalized spacial score (nSPS) is 18.1. The van der Waals surface area contributed by atoms with Crippen molar-refractivity contribution in [3.05, 3.63) is 0 Å². The van der Waals surface area contributed by atoms with Crippen molar-refractivity contribution in [3.8, 4) is 0 Å². The molecule has 0 radical (unpaired) electrons. The molecule has 0 atom stereocenters. The molecule has 0 unspecified atom stereocenters. The van der Waals surface area contributed by atoms with E-state index in [2.05, 4.69) is 15.8 Å². The Balaban J connectivity index is 2.41. The van der Waals surface area contributed by atoms with Gasteiger partial charge in [-0.15, -0.1) is 0 Å². The average molecular weight is 241 g/mol. The molecular formula is C10H19N5O2. The largest absolute Gasteiger partial charge is 0.336 e. The second-order valence-electron chi connectivity index (χ2n) is 3.83. The minimum absolute atomic E-state index is 0.0297. The van der Waals surface area contributed by atoms with Gasteiger partial charge in [-0.1, -0.05) is 0 Å². The van der Waals surface area contributed by atoms with Crippen molar-refractivity contribution >= 4 is 17.8 Å². The predicted octanol–water partition coefficient (Wildman–Crippen LogP) is -1.22. The Labute approximate surface area is 101 Å². The summed E-state index contributed by atoms with van der Waals surface area (Å²) < 4.78 is 0. The van der Waals surface area contributed by atoms with Crippen LogP contribution in [0.3, 0.4) is 0 Å². The van der Waals surface area contributed by atoms with Gasteiger partial charge in [0.2, 0.25) is 17.8 Å². The number of nitrogens with zero attached hydrogens (tertiary/aromatic N) is 3. The van der Waals surface area contributed by atoms with Crippen molar-refractivity contribution in [3.63, 3.8) is 0 Å². The highest BCUT2D eigenvalue weighted by Crippen LogP contribution is 2.09. The summed E-state index contributed by atoms with van der Waals surface area (Å²) in [4.78, 5) is 30.3. The molecule has 7 heteroatoms. The predicted molar refractivity (Wildman–Crippen MR) is 64.1 cm³/mol. The minimum atomic E-state index is -0.0810. The fourth-order valence-electron chi connectivity index (χ4n) is 1.79. The lowest BCUT2D eigenvalue weighted by atomic mass is 10.3. The van der Waals surface area contributed by atoms with E-state index >= 15 is 0 Å². The lowest BCUT2D eigenvalue weighted by molar-refractivity contribution is -0.126. The molecule has 0 saturated carbocycles. The van der Waals surface area contributed by atoms with Crippen LogP contribution in [0.25, 0.3) is 0 Å². The van der Waals surface area contributed by atoms with Gasteiger partial charge in [0.05, 0.1) is 6.54 Å². The van der Waals surface area contributed by atoms with Crippen molar-refractivity contribution in [2.45, 2.75) is 12.8 Å². The van der Waals surface area contributed by atoms with Gasteiger partial charge in [0.15, 0.2) is 0 Å². The third-order valence-electron chi connectivity index (χ3n) is 2.51. The number of carbonyl (C=O) groups excluding carboxylic acids is 2. The zero-order valence-corrected chi connectivity index (χ0v) is 10.5. The molecule has 2 N–H and O–H groups in total. The Morgan fingerprint density at radius 3 is 2.82 bits per heavy atom. The van der Waals surface area contributed by atoms with Gasteiger partial charge in [0.25, 0.3) is 0 Å². The summed E-state index contributed by atoms with van der Waals surface area (Å²) in [5.41, 5.74) is 5.05. The van der Waals surface area contributed by atoms with Crippen LogP contribution < -0.4 is 10.9 Å². The number of hydrazine groups is 1. The topological polar surface area (TPSA) is 77.0 Å². The standard InChI is InChI=1S/C10H19N5O2/c1-11-10-14(3)7-9(17)15(10)6-4-5-8(16)13-12-2/h12H,4-7H2,1-3H3,(H,13,16). The van der Waals surface area contributed by atoms with Crippen molar-refractivity contribution in [2.75, 3.05) is 34.2 Å². The van der Waals surface area contributed by atoms with E-state index in [0.29, 0.717) is 31.9 Å². The molecule has 1 fully saturated rings. The lowest BCUT2D eigenvalue weighted by Crippen LogP contribution is -2.36. The molecule has 1 heterocycles. The minimum Gasteiger partial charge on any atom is -0.336 e. The van der Waals surface area contributed by atoms with E-state index in [9.17, 15) is 9.59 Å². The number of guanidine groups is 1. The van der Waals surface area contributed by atoms with Crippen LogP contribution in [0.1, 0.15) is 12.8 Å². The summed E-state index contributed by atoms with van der Waals surface area (Å²) in [6.45, 7) is 0.877. The fraction of sp³-hybridized carbons (Fsp3) is 0.700. The highest BCUT2D eigenvalue weighted by atomic mass is 16.2. The van der Waals surface area contributed by atoms with E-state index in [4.69, 9.17) is 0 Å². The Morgan fingerprint density at radius 2 is 2.24 bits per heavy atom. The van der Waals surface area contributed by atoms with E-state index < -0.39 is 0 Å². The smallest absolute Gasteiger partial charge is 0.248 e. The molecule has 2 amide bonds. The second kappa shape index (κ2) is 6.19. The number of amides is 2. The molecule has 96 valence electrons. The van der Waals surface area contributed by atoms with Gasteiger partial charge < -0.3 is 4.90 Å².